The van der Waals surface area contributed by atoms with Gasteiger partial charge in [0.05, 0.1) is 0 Å². The van der Waals surface area contributed by atoms with Crippen molar-refractivity contribution in [1.29, 1.82) is 0 Å². The lowest BCUT2D eigenvalue weighted by Gasteiger charge is -2.17. The number of aryl methyl sites for hydroxylation is 1. The molecule has 20 heavy (non-hydrogen) atoms. The molecule has 3 aromatic rings. The smallest absolute Gasteiger partial charge is 0.105 e. The average Bonchev–Trinajstić information content (AvgIpc) is 2.46. The Hall–Kier alpha value is -2.32. The fourth-order valence-electron chi connectivity index (χ4n) is 2.66. The molecule has 0 aliphatic rings. The summed E-state index contributed by atoms with van der Waals surface area (Å²) >= 11 is 0. The van der Waals surface area contributed by atoms with Crippen LogP contribution in [0.3, 0.4) is 0 Å². The number of benzene rings is 3. The monoisotopic (exact) mass is 263 g/mol. The SMILES string of the molecule is Cc1ccc2ccccc2c1[C@H](O)c1cccc(N)c1. The van der Waals surface area contributed by atoms with Crippen LogP contribution in [0.1, 0.15) is 22.8 Å². The van der Waals surface area contributed by atoms with Crippen molar-refractivity contribution in [2.75, 3.05) is 5.73 Å². The highest BCUT2D eigenvalue weighted by Gasteiger charge is 2.16. The number of aliphatic hydroxyl groups is 1. The number of rotatable bonds is 2. The lowest BCUT2D eigenvalue weighted by Crippen LogP contribution is -2.03. The Kier molecular flexibility index (Phi) is 3.17. The topological polar surface area (TPSA) is 46.2 Å². The molecule has 100 valence electrons. The van der Waals surface area contributed by atoms with Crippen LogP contribution in [0.15, 0.2) is 60.7 Å². The van der Waals surface area contributed by atoms with Gasteiger partial charge in [-0.15, -0.1) is 0 Å². The molecule has 3 rings (SSSR count). The van der Waals surface area contributed by atoms with Gasteiger partial charge in [-0.3, -0.25) is 0 Å². The van der Waals surface area contributed by atoms with Crippen molar-refractivity contribution >= 4 is 16.5 Å². The van der Waals surface area contributed by atoms with Crippen molar-refractivity contribution in [1.82, 2.24) is 0 Å². The zero-order valence-electron chi connectivity index (χ0n) is 11.4. The van der Waals surface area contributed by atoms with Crippen LogP contribution in [0.25, 0.3) is 10.8 Å². The molecule has 3 N–H and O–H groups in total. The molecule has 0 unspecified atom stereocenters. The van der Waals surface area contributed by atoms with E-state index in [-0.39, 0.29) is 0 Å². The number of hydrogen-bond donors (Lipinski definition) is 2. The van der Waals surface area contributed by atoms with Crippen molar-refractivity contribution < 1.29 is 5.11 Å². The fourth-order valence-corrected chi connectivity index (χ4v) is 2.66. The van der Waals surface area contributed by atoms with Crippen LogP contribution in [0.2, 0.25) is 0 Å². The van der Waals surface area contributed by atoms with E-state index in [9.17, 15) is 5.11 Å². The van der Waals surface area contributed by atoms with Gasteiger partial charge in [0.15, 0.2) is 0 Å². The van der Waals surface area contributed by atoms with E-state index in [4.69, 9.17) is 5.73 Å². The van der Waals surface area contributed by atoms with Crippen molar-refractivity contribution in [3.63, 3.8) is 0 Å². The van der Waals surface area contributed by atoms with Crippen molar-refractivity contribution in [2.24, 2.45) is 0 Å². The van der Waals surface area contributed by atoms with E-state index in [0.29, 0.717) is 5.69 Å². The molecule has 2 heteroatoms. The summed E-state index contributed by atoms with van der Waals surface area (Å²) in [5.74, 6) is 0. The first kappa shape index (κ1) is 12.7. The standard InChI is InChI=1S/C18H17NO/c1-12-9-10-13-5-2-3-8-16(13)17(12)18(20)14-6-4-7-15(19)11-14/h2-11,18,20H,19H2,1H3/t18-/m1/s1. The van der Waals surface area contributed by atoms with E-state index in [1.807, 2.05) is 55.5 Å². The van der Waals surface area contributed by atoms with E-state index in [1.165, 1.54) is 0 Å². The second kappa shape index (κ2) is 4.99. The van der Waals surface area contributed by atoms with Gasteiger partial charge in [0.25, 0.3) is 0 Å². The van der Waals surface area contributed by atoms with E-state index in [1.54, 1.807) is 0 Å². The Labute approximate surface area is 118 Å². The van der Waals surface area contributed by atoms with Gasteiger partial charge in [0, 0.05) is 5.69 Å². The van der Waals surface area contributed by atoms with Gasteiger partial charge in [-0.2, -0.15) is 0 Å². The lowest BCUT2D eigenvalue weighted by atomic mass is 9.92. The summed E-state index contributed by atoms with van der Waals surface area (Å²) < 4.78 is 0. The summed E-state index contributed by atoms with van der Waals surface area (Å²) in [6.45, 7) is 2.03. The van der Waals surface area contributed by atoms with Gasteiger partial charge in [0.2, 0.25) is 0 Å². The second-order valence-corrected chi connectivity index (χ2v) is 5.09. The second-order valence-electron chi connectivity index (χ2n) is 5.09. The van der Waals surface area contributed by atoms with E-state index < -0.39 is 6.10 Å². The average molecular weight is 263 g/mol. The third-order valence-electron chi connectivity index (χ3n) is 3.69. The third-order valence-corrected chi connectivity index (χ3v) is 3.69. The van der Waals surface area contributed by atoms with Gasteiger partial charge in [0.1, 0.15) is 6.10 Å². The van der Waals surface area contributed by atoms with E-state index >= 15 is 0 Å². The number of nitrogen functional groups attached to an aromatic ring is 1. The molecule has 0 radical (unpaired) electrons. The minimum atomic E-state index is -0.662. The number of fused-ring (bicyclic) bond motifs is 1. The zero-order chi connectivity index (χ0) is 14.1. The van der Waals surface area contributed by atoms with Crippen LogP contribution < -0.4 is 5.73 Å². The van der Waals surface area contributed by atoms with Crippen molar-refractivity contribution in [3.8, 4) is 0 Å². The summed E-state index contributed by atoms with van der Waals surface area (Å²) in [7, 11) is 0. The predicted octanol–water partition coefficient (Wildman–Crippen LogP) is 3.81. The van der Waals surface area contributed by atoms with E-state index in [2.05, 4.69) is 12.1 Å². The summed E-state index contributed by atoms with van der Waals surface area (Å²) in [6.07, 6.45) is -0.662. The molecular weight excluding hydrogens is 246 g/mol. The molecule has 0 spiro atoms. The number of hydrogen-bond acceptors (Lipinski definition) is 2. The maximum Gasteiger partial charge on any atom is 0.105 e. The fraction of sp³-hybridized carbons (Fsp3) is 0.111. The maximum absolute atomic E-state index is 10.7. The lowest BCUT2D eigenvalue weighted by molar-refractivity contribution is 0.221. The summed E-state index contributed by atoms with van der Waals surface area (Å²) in [6, 6.07) is 19.7. The zero-order valence-corrected chi connectivity index (χ0v) is 11.4. The van der Waals surface area contributed by atoms with Gasteiger partial charge >= 0.3 is 0 Å². The normalized spacial score (nSPS) is 12.5. The molecule has 0 saturated carbocycles. The van der Waals surface area contributed by atoms with Crippen LogP contribution in [-0.2, 0) is 0 Å². The van der Waals surface area contributed by atoms with Gasteiger partial charge in [-0.05, 0) is 46.5 Å². The molecule has 1 atom stereocenters. The quantitative estimate of drug-likeness (QED) is 0.691. The molecule has 0 aliphatic carbocycles. The molecule has 0 aromatic heterocycles. The first-order valence-electron chi connectivity index (χ1n) is 6.68. The summed E-state index contributed by atoms with van der Waals surface area (Å²) in [5, 5.41) is 13.0. The van der Waals surface area contributed by atoms with Crippen molar-refractivity contribution in [3.05, 3.63) is 77.4 Å². The first-order chi connectivity index (χ1) is 9.66. The Balaban J connectivity index is 2.21. The van der Waals surface area contributed by atoms with Crippen LogP contribution in [0.5, 0.6) is 0 Å². The van der Waals surface area contributed by atoms with Gasteiger partial charge in [-0.25, -0.2) is 0 Å². The van der Waals surface area contributed by atoms with E-state index in [0.717, 1.165) is 27.5 Å². The predicted molar refractivity (Wildman–Crippen MR) is 83.6 cm³/mol. The Morgan fingerprint density at radius 1 is 0.950 bits per heavy atom. The van der Waals surface area contributed by atoms with Crippen LogP contribution in [0, 0.1) is 6.92 Å². The molecule has 0 fully saturated rings. The van der Waals surface area contributed by atoms with Crippen LogP contribution >= 0.6 is 0 Å². The largest absolute Gasteiger partial charge is 0.399 e. The maximum atomic E-state index is 10.7. The first-order valence-corrected chi connectivity index (χ1v) is 6.68. The Morgan fingerprint density at radius 2 is 1.75 bits per heavy atom. The molecule has 2 nitrogen and oxygen atoms in total. The molecular formula is C18H17NO. The molecule has 0 aliphatic heterocycles. The highest BCUT2D eigenvalue weighted by atomic mass is 16.3. The molecule has 0 bridgehead atoms. The molecule has 3 aromatic carbocycles. The van der Waals surface area contributed by atoms with Gasteiger partial charge < -0.3 is 10.8 Å². The Morgan fingerprint density at radius 3 is 2.55 bits per heavy atom. The highest BCUT2D eigenvalue weighted by Crippen LogP contribution is 2.32. The van der Waals surface area contributed by atoms with Crippen molar-refractivity contribution in [2.45, 2.75) is 13.0 Å². The Bertz CT molecular complexity index is 764. The minimum Gasteiger partial charge on any atom is -0.399 e. The van der Waals surface area contributed by atoms with Gasteiger partial charge in [-0.1, -0.05) is 48.5 Å². The number of nitrogens with two attached hydrogens (primary N) is 1. The molecule has 0 heterocycles. The number of aliphatic hydroxyl groups excluding tert-OH is 1. The highest BCUT2D eigenvalue weighted by molar-refractivity contribution is 5.87. The minimum absolute atomic E-state index is 0.662. The third kappa shape index (κ3) is 2.15. The number of anilines is 1. The summed E-state index contributed by atoms with van der Waals surface area (Å²) in [4.78, 5) is 0. The van der Waals surface area contributed by atoms with Crippen LogP contribution in [0.4, 0.5) is 5.69 Å². The molecule has 0 saturated heterocycles. The summed E-state index contributed by atoms with van der Waals surface area (Å²) in [5.41, 5.74) is 9.34. The molecule has 0 amide bonds. The van der Waals surface area contributed by atoms with Crippen LogP contribution in [-0.4, -0.2) is 5.11 Å².